The standard InChI is InChI=1S/C17H25N3O/c1-13(2)11-20(12-15-5-4-8-19-15)17-9-16(21-3)7-6-14(17)10-18/h6-7,9,13,15,19H,4-5,8,11-12H2,1-3H3. The number of hydrogen-bond acceptors (Lipinski definition) is 4. The van der Waals surface area contributed by atoms with Gasteiger partial charge in [-0.2, -0.15) is 5.26 Å². The first-order valence-electron chi connectivity index (χ1n) is 7.70. The van der Waals surface area contributed by atoms with E-state index in [1.54, 1.807) is 7.11 Å². The lowest BCUT2D eigenvalue weighted by molar-refractivity contribution is 0.414. The number of benzene rings is 1. The topological polar surface area (TPSA) is 48.3 Å². The van der Waals surface area contributed by atoms with Crippen LogP contribution in [-0.2, 0) is 0 Å². The zero-order valence-corrected chi connectivity index (χ0v) is 13.2. The second kappa shape index (κ2) is 7.33. The second-order valence-corrected chi connectivity index (χ2v) is 6.09. The SMILES string of the molecule is COc1ccc(C#N)c(N(CC(C)C)CC2CCCN2)c1. The summed E-state index contributed by atoms with van der Waals surface area (Å²) in [5, 5.41) is 12.9. The van der Waals surface area contributed by atoms with Crippen molar-refractivity contribution in [3.8, 4) is 11.8 Å². The van der Waals surface area contributed by atoms with Crippen LogP contribution < -0.4 is 15.0 Å². The molecule has 1 heterocycles. The van der Waals surface area contributed by atoms with Gasteiger partial charge in [0, 0.05) is 25.2 Å². The molecule has 1 unspecified atom stereocenters. The predicted molar refractivity (Wildman–Crippen MR) is 85.8 cm³/mol. The van der Waals surface area contributed by atoms with Gasteiger partial charge in [0.2, 0.25) is 0 Å². The Hall–Kier alpha value is -1.73. The van der Waals surface area contributed by atoms with E-state index in [0.717, 1.165) is 36.6 Å². The largest absolute Gasteiger partial charge is 0.497 e. The lowest BCUT2D eigenvalue weighted by atomic mass is 10.1. The number of rotatable bonds is 6. The van der Waals surface area contributed by atoms with Crippen LogP contribution in [0.1, 0.15) is 32.3 Å². The molecule has 1 N–H and O–H groups in total. The van der Waals surface area contributed by atoms with Crippen LogP contribution in [0, 0.1) is 17.2 Å². The second-order valence-electron chi connectivity index (χ2n) is 6.09. The van der Waals surface area contributed by atoms with Gasteiger partial charge in [-0.15, -0.1) is 0 Å². The Bertz CT molecular complexity index is 501. The van der Waals surface area contributed by atoms with Crippen molar-refractivity contribution in [1.29, 1.82) is 5.26 Å². The number of hydrogen-bond donors (Lipinski definition) is 1. The molecule has 21 heavy (non-hydrogen) atoms. The van der Waals surface area contributed by atoms with Crippen LogP contribution in [-0.4, -0.2) is 32.8 Å². The quantitative estimate of drug-likeness (QED) is 0.874. The first-order valence-corrected chi connectivity index (χ1v) is 7.70. The highest BCUT2D eigenvalue weighted by Gasteiger charge is 2.21. The molecule has 114 valence electrons. The van der Waals surface area contributed by atoms with Crippen LogP contribution in [0.2, 0.25) is 0 Å². The van der Waals surface area contributed by atoms with Gasteiger partial charge < -0.3 is 15.0 Å². The molecule has 0 radical (unpaired) electrons. The molecule has 4 nitrogen and oxygen atoms in total. The first kappa shape index (κ1) is 15.7. The molecule has 1 atom stereocenters. The first-order chi connectivity index (χ1) is 10.1. The molecule has 1 aromatic rings. The molecule has 4 heteroatoms. The number of ether oxygens (including phenoxy) is 1. The van der Waals surface area contributed by atoms with Gasteiger partial charge in [-0.05, 0) is 37.4 Å². The zero-order chi connectivity index (χ0) is 15.2. The summed E-state index contributed by atoms with van der Waals surface area (Å²) in [6.07, 6.45) is 2.45. The number of methoxy groups -OCH3 is 1. The molecular formula is C17H25N3O. The van der Waals surface area contributed by atoms with E-state index < -0.39 is 0 Å². The smallest absolute Gasteiger partial charge is 0.121 e. The number of nitriles is 1. The zero-order valence-electron chi connectivity index (χ0n) is 13.2. The molecule has 0 saturated carbocycles. The summed E-state index contributed by atoms with van der Waals surface area (Å²) >= 11 is 0. The summed E-state index contributed by atoms with van der Waals surface area (Å²) in [6, 6.07) is 8.51. The molecule has 1 aliphatic rings. The Labute approximate surface area is 127 Å². The van der Waals surface area contributed by atoms with Gasteiger partial charge in [0.15, 0.2) is 0 Å². The summed E-state index contributed by atoms with van der Waals surface area (Å²) in [5.74, 6) is 1.35. The minimum Gasteiger partial charge on any atom is -0.497 e. The van der Waals surface area contributed by atoms with Gasteiger partial charge >= 0.3 is 0 Å². The van der Waals surface area contributed by atoms with Crippen LogP contribution in [0.25, 0.3) is 0 Å². The van der Waals surface area contributed by atoms with Crippen molar-refractivity contribution >= 4 is 5.69 Å². The van der Waals surface area contributed by atoms with Crippen molar-refractivity contribution in [2.45, 2.75) is 32.7 Å². The van der Waals surface area contributed by atoms with Crippen LogP contribution >= 0.6 is 0 Å². The van der Waals surface area contributed by atoms with E-state index in [4.69, 9.17) is 4.74 Å². The van der Waals surface area contributed by atoms with Gasteiger partial charge in [0.05, 0.1) is 18.4 Å². The number of anilines is 1. The van der Waals surface area contributed by atoms with Crippen LogP contribution in [0.5, 0.6) is 5.75 Å². The number of nitrogens with one attached hydrogen (secondary N) is 1. The molecule has 1 saturated heterocycles. The van der Waals surface area contributed by atoms with Gasteiger partial charge in [-0.1, -0.05) is 13.8 Å². The highest BCUT2D eigenvalue weighted by Crippen LogP contribution is 2.27. The van der Waals surface area contributed by atoms with Crippen molar-refractivity contribution in [1.82, 2.24) is 5.32 Å². The lowest BCUT2D eigenvalue weighted by Gasteiger charge is -2.30. The molecule has 1 fully saturated rings. The van der Waals surface area contributed by atoms with E-state index in [1.165, 1.54) is 12.8 Å². The average molecular weight is 287 g/mol. The summed E-state index contributed by atoms with van der Waals surface area (Å²) in [5.41, 5.74) is 1.70. The molecule has 1 aromatic carbocycles. The van der Waals surface area contributed by atoms with Crippen molar-refractivity contribution in [3.63, 3.8) is 0 Å². The summed E-state index contributed by atoms with van der Waals surface area (Å²) < 4.78 is 5.33. The van der Waals surface area contributed by atoms with Crippen LogP contribution in [0.4, 0.5) is 5.69 Å². The minimum absolute atomic E-state index is 0.515. The van der Waals surface area contributed by atoms with Crippen LogP contribution in [0.3, 0.4) is 0 Å². The maximum Gasteiger partial charge on any atom is 0.121 e. The highest BCUT2D eigenvalue weighted by atomic mass is 16.5. The fourth-order valence-corrected chi connectivity index (χ4v) is 2.89. The van der Waals surface area contributed by atoms with E-state index in [-0.39, 0.29) is 0 Å². The molecule has 0 aromatic heterocycles. The summed E-state index contributed by atoms with van der Waals surface area (Å²) in [4.78, 5) is 2.33. The third-order valence-corrected chi connectivity index (χ3v) is 3.85. The van der Waals surface area contributed by atoms with E-state index in [1.807, 2.05) is 18.2 Å². The fraction of sp³-hybridized carbons (Fsp3) is 0.588. The van der Waals surface area contributed by atoms with E-state index in [0.29, 0.717) is 12.0 Å². The van der Waals surface area contributed by atoms with Crippen molar-refractivity contribution < 1.29 is 4.74 Å². The molecule has 2 rings (SSSR count). The van der Waals surface area contributed by atoms with E-state index in [9.17, 15) is 5.26 Å². The average Bonchev–Trinajstić information content (AvgIpc) is 2.98. The Morgan fingerprint density at radius 3 is 2.86 bits per heavy atom. The molecule has 0 amide bonds. The van der Waals surface area contributed by atoms with E-state index >= 15 is 0 Å². The summed E-state index contributed by atoms with van der Waals surface area (Å²) in [7, 11) is 1.66. The van der Waals surface area contributed by atoms with Crippen molar-refractivity contribution in [2.24, 2.45) is 5.92 Å². The van der Waals surface area contributed by atoms with Crippen LogP contribution in [0.15, 0.2) is 18.2 Å². The van der Waals surface area contributed by atoms with Gasteiger partial charge in [-0.25, -0.2) is 0 Å². The number of nitrogens with zero attached hydrogens (tertiary/aromatic N) is 2. The third-order valence-electron chi connectivity index (χ3n) is 3.85. The predicted octanol–water partition coefficient (Wildman–Crippen LogP) is 2.78. The lowest BCUT2D eigenvalue weighted by Crippen LogP contribution is -2.39. The van der Waals surface area contributed by atoms with Crippen molar-refractivity contribution in [3.05, 3.63) is 23.8 Å². The molecule has 0 spiro atoms. The third kappa shape index (κ3) is 4.12. The van der Waals surface area contributed by atoms with Gasteiger partial charge in [0.25, 0.3) is 0 Å². The molecule has 0 bridgehead atoms. The van der Waals surface area contributed by atoms with Gasteiger partial charge in [-0.3, -0.25) is 0 Å². The highest BCUT2D eigenvalue weighted by molar-refractivity contribution is 5.62. The normalized spacial score (nSPS) is 17.8. The Morgan fingerprint density at radius 2 is 2.29 bits per heavy atom. The minimum atomic E-state index is 0.515. The molecule has 0 aliphatic carbocycles. The maximum atomic E-state index is 9.39. The van der Waals surface area contributed by atoms with Crippen molar-refractivity contribution in [2.75, 3.05) is 31.6 Å². The molecular weight excluding hydrogens is 262 g/mol. The monoisotopic (exact) mass is 287 g/mol. The Morgan fingerprint density at radius 1 is 1.48 bits per heavy atom. The maximum absolute atomic E-state index is 9.39. The Kier molecular flexibility index (Phi) is 5.46. The Balaban J connectivity index is 2.27. The molecule has 1 aliphatic heterocycles. The van der Waals surface area contributed by atoms with Gasteiger partial charge in [0.1, 0.15) is 11.8 Å². The fourth-order valence-electron chi connectivity index (χ4n) is 2.89. The van der Waals surface area contributed by atoms with E-state index in [2.05, 4.69) is 30.1 Å². The summed E-state index contributed by atoms with van der Waals surface area (Å²) in [6.45, 7) is 7.41.